The van der Waals surface area contributed by atoms with Crippen LogP contribution in [0.4, 0.5) is 5.13 Å². The van der Waals surface area contributed by atoms with Gasteiger partial charge in [0.1, 0.15) is 17.4 Å². The topological polar surface area (TPSA) is 64.1 Å². The molecule has 0 bridgehead atoms. The van der Waals surface area contributed by atoms with Crippen LogP contribution >= 0.6 is 11.3 Å². The van der Waals surface area contributed by atoms with Gasteiger partial charge in [-0.2, -0.15) is 0 Å². The lowest BCUT2D eigenvalue weighted by Crippen LogP contribution is -2.15. The highest BCUT2D eigenvalue weighted by Gasteiger charge is 2.14. The van der Waals surface area contributed by atoms with Gasteiger partial charge >= 0.3 is 0 Å². The van der Waals surface area contributed by atoms with Crippen molar-refractivity contribution in [2.75, 3.05) is 5.32 Å². The van der Waals surface area contributed by atoms with E-state index in [1.54, 1.807) is 6.07 Å². The van der Waals surface area contributed by atoms with Crippen molar-refractivity contribution in [1.29, 1.82) is 0 Å². The van der Waals surface area contributed by atoms with E-state index < -0.39 is 0 Å². The summed E-state index contributed by atoms with van der Waals surface area (Å²) in [5.74, 6) is 0.572. The summed E-state index contributed by atoms with van der Waals surface area (Å²) in [7, 11) is 0. The minimum absolute atomic E-state index is 0.199. The third-order valence-corrected chi connectivity index (χ3v) is 4.73. The van der Waals surface area contributed by atoms with Crippen molar-refractivity contribution in [1.82, 2.24) is 10.2 Å². The van der Waals surface area contributed by atoms with Crippen molar-refractivity contribution in [2.24, 2.45) is 0 Å². The van der Waals surface area contributed by atoms with Gasteiger partial charge in [0.2, 0.25) is 5.13 Å². The molecule has 1 amide bonds. The Balaban J connectivity index is 1.66. The number of hydrogen-bond donors (Lipinski definition) is 1. The van der Waals surface area contributed by atoms with Gasteiger partial charge in [-0.25, -0.2) is 0 Å². The molecule has 0 fully saturated rings. The molecule has 1 N–H and O–H groups in total. The maximum absolute atomic E-state index is 12.6. The second-order valence-corrected chi connectivity index (χ2v) is 6.88. The molecule has 0 atom stereocenters. The average Bonchev–Trinajstić information content (AvgIpc) is 3.13. The molecule has 0 saturated carbocycles. The number of nitrogens with one attached hydrogen (secondary N) is 1. The van der Waals surface area contributed by atoms with Gasteiger partial charge in [0.15, 0.2) is 0 Å². The van der Waals surface area contributed by atoms with E-state index in [4.69, 9.17) is 4.74 Å². The van der Waals surface area contributed by atoms with Crippen LogP contribution in [0.25, 0.3) is 0 Å². The zero-order valence-electron chi connectivity index (χ0n) is 14.6. The summed E-state index contributed by atoms with van der Waals surface area (Å²) in [5, 5.41) is 12.5. The SMILES string of the molecule is CCCCc1nnc(NC(=O)c2ccccc2COc2ccccc2)s1. The molecule has 6 heteroatoms. The van der Waals surface area contributed by atoms with Crippen molar-refractivity contribution in [3.05, 3.63) is 70.7 Å². The Labute approximate surface area is 157 Å². The first-order chi connectivity index (χ1) is 12.8. The number of benzene rings is 2. The first kappa shape index (κ1) is 18.1. The molecule has 0 aliphatic heterocycles. The zero-order chi connectivity index (χ0) is 18.2. The number of rotatable bonds is 8. The van der Waals surface area contributed by atoms with Crippen molar-refractivity contribution in [3.63, 3.8) is 0 Å². The van der Waals surface area contributed by atoms with Crippen molar-refractivity contribution < 1.29 is 9.53 Å². The number of amides is 1. The van der Waals surface area contributed by atoms with E-state index in [1.807, 2.05) is 48.5 Å². The zero-order valence-corrected chi connectivity index (χ0v) is 15.5. The lowest BCUT2D eigenvalue weighted by atomic mass is 10.1. The number of carbonyl (C=O) groups is 1. The highest BCUT2D eigenvalue weighted by atomic mass is 32.1. The molecule has 0 unspecified atom stereocenters. The molecule has 0 radical (unpaired) electrons. The lowest BCUT2D eigenvalue weighted by Gasteiger charge is -2.10. The molecule has 0 aliphatic rings. The van der Waals surface area contributed by atoms with Crippen molar-refractivity contribution in [2.45, 2.75) is 32.8 Å². The highest BCUT2D eigenvalue weighted by Crippen LogP contribution is 2.20. The van der Waals surface area contributed by atoms with Gasteiger partial charge in [0.25, 0.3) is 5.91 Å². The molecule has 134 valence electrons. The minimum Gasteiger partial charge on any atom is -0.489 e. The number of ether oxygens (including phenoxy) is 1. The molecule has 0 aliphatic carbocycles. The summed E-state index contributed by atoms with van der Waals surface area (Å²) in [4.78, 5) is 12.6. The number of aromatic nitrogens is 2. The number of para-hydroxylation sites is 1. The summed E-state index contributed by atoms with van der Waals surface area (Å²) in [5.41, 5.74) is 1.40. The molecule has 1 aromatic heterocycles. The minimum atomic E-state index is -0.199. The number of anilines is 1. The molecular formula is C20H21N3O2S. The van der Waals surface area contributed by atoms with Crippen molar-refractivity contribution in [3.8, 4) is 5.75 Å². The Kier molecular flexibility index (Phi) is 6.33. The van der Waals surface area contributed by atoms with Gasteiger partial charge in [-0.1, -0.05) is 61.1 Å². The fraction of sp³-hybridized carbons (Fsp3) is 0.250. The Morgan fingerprint density at radius 3 is 2.65 bits per heavy atom. The summed E-state index contributed by atoms with van der Waals surface area (Å²) < 4.78 is 5.78. The predicted octanol–water partition coefficient (Wildman–Crippen LogP) is 4.71. The van der Waals surface area contributed by atoms with Crippen LogP contribution in [0.1, 0.15) is 40.7 Å². The number of nitrogens with zero attached hydrogens (tertiary/aromatic N) is 2. The first-order valence-corrected chi connectivity index (χ1v) is 9.47. The van der Waals surface area contributed by atoms with Crippen molar-refractivity contribution >= 4 is 22.4 Å². The average molecular weight is 367 g/mol. The third kappa shape index (κ3) is 4.89. The van der Waals surface area contributed by atoms with Gasteiger partial charge in [-0.3, -0.25) is 10.1 Å². The monoisotopic (exact) mass is 367 g/mol. The molecule has 3 aromatic rings. The van der Waals surface area contributed by atoms with Gasteiger partial charge in [-0.05, 0) is 24.6 Å². The van der Waals surface area contributed by atoms with Gasteiger partial charge < -0.3 is 4.74 Å². The Morgan fingerprint density at radius 2 is 1.85 bits per heavy atom. The van der Waals surface area contributed by atoms with Gasteiger partial charge in [0, 0.05) is 17.5 Å². The Hall–Kier alpha value is -2.73. The molecule has 26 heavy (non-hydrogen) atoms. The van der Waals surface area contributed by atoms with Gasteiger partial charge in [-0.15, -0.1) is 10.2 Å². The summed E-state index contributed by atoms with van der Waals surface area (Å²) in [6.07, 6.45) is 3.07. The quantitative estimate of drug-likeness (QED) is 0.626. The normalized spacial score (nSPS) is 10.5. The van der Waals surface area contributed by atoms with Crippen LogP contribution in [0.5, 0.6) is 5.75 Å². The van der Waals surface area contributed by atoms with E-state index in [-0.39, 0.29) is 5.91 Å². The fourth-order valence-corrected chi connectivity index (χ4v) is 3.22. The maximum atomic E-state index is 12.6. The van der Waals surface area contributed by atoms with E-state index in [1.165, 1.54) is 11.3 Å². The number of carbonyl (C=O) groups excluding carboxylic acids is 1. The second-order valence-electron chi connectivity index (χ2n) is 5.82. The van der Waals surface area contributed by atoms with E-state index in [9.17, 15) is 4.79 Å². The molecule has 2 aromatic carbocycles. The molecule has 0 spiro atoms. The van der Waals surface area contributed by atoms with E-state index in [0.29, 0.717) is 17.3 Å². The van der Waals surface area contributed by atoms with Crippen LogP contribution in [-0.4, -0.2) is 16.1 Å². The van der Waals surface area contributed by atoms with Crippen LogP contribution in [0.2, 0.25) is 0 Å². The highest BCUT2D eigenvalue weighted by molar-refractivity contribution is 7.15. The molecular weight excluding hydrogens is 346 g/mol. The number of hydrogen-bond acceptors (Lipinski definition) is 5. The second kappa shape index (κ2) is 9.10. The third-order valence-electron chi connectivity index (χ3n) is 3.83. The smallest absolute Gasteiger partial charge is 0.257 e. The summed E-state index contributed by atoms with van der Waals surface area (Å²) in [6, 6.07) is 17.0. The van der Waals surface area contributed by atoms with Crippen LogP contribution in [0.3, 0.4) is 0 Å². The molecule has 3 rings (SSSR count). The Morgan fingerprint density at radius 1 is 1.08 bits per heavy atom. The largest absolute Gasteiger partial charge is 0.489 e. The van der Waals surface area contributed by atoms with Crippen LogP contribution in [0.15, 0.2) is 54.6 Å². The summed E-state index contributed by atoms with van der Waals surface area (Å²) >= 11 is 1.43. The lowest BCUT2D eigenvalue weighted by molar-refractivity contribution is 0.102. The Bertz CT molecular complexity index is 849. The van der Waals surface area contributed by atoms with Crippen LogP contribution in [-0.2, 0) is 13.0 Å². The molecule has 5 nitrogen and oxygen atoms in total. The molecule has 0 saturated heterocycles. The fourth-order valence-electron chi connectivity index (χ4n) is 2.44. The van der Waals surface area contributed by atoms with E-state index in [2.05, 4.69) is 22.4 Å². The maximum Gasteiger partial charge on any atom is 0.257 e. The van der Waals surface area contributed by atoms with Crippen LogP contribution < -0.4 is 10.1 Å². The predicted molar refractivity (Wildman–Crippen MR) is 104 cm³/mol. The first-order valence-electron chi connectivity index (χ1n) is 8.65. The molecule has 1 heterocycles. The summed E-state index contributed by atoms with van der Waals surface area (Å²) in [6.45, 7) is 2.46. The van der Waals surface area contributed by atoms with Gasteiger partial charge in [0.05, 0.1) is 0 Å². The standard InChI is InChI=1S/C20H21N3O2S/c1-2-3-13-18-22-23-20(26-18)21-19(24)17-12-8-7-9-15(17)14-25-16-10-5-4-6-11-16/h4-12H,2-3,13-14H2,1H3,(H,21,23,24). The van der Waals surface area contributed by atoms with E-state index in [0.717, 1.165) is 35.6 Å². The number of aryl methyl sites for hydroxylation is 1. The number of unbranched alkanes of at least 4 members (excludes halogenated alkanes) is 1. The van der Waals surface area contributed by atoms with E-state index >= 15 is 0 Å². The van der Waals surface area contributed by atoms with Crippen LogP contribution in [0, 0.1) is 0 Å².